The minimum absolute atomic E-state index is 0. The molecule has 0 spiro atoms. The van der Waals surface area contributed by atoms with E-state index in [0.29, 0.717) is 0 Å². The maximum absolute atomic E-state index is 2.22. The molecular formula is C26H50. The lowest BCUT2D eigenvalue weighted by molar-refractivity contribution is 1.70. The average Bonchev–Trinajstić information content (AvgIpc) is 2.68. The highest BCUT2D eigenvalue weighted by Crippen LogP contribution is 2.46. The summed E-state index contributed by atoms with van der Waals surface area (Å²) in [7, 11) is 0. The van der Waals surface area contributed by atoms with Crippen LogP contribution >= 0.6 is 0 Å². The van der Waals surface area contributed by atoms with Gasteiger partial charge in [-0.1, -0.05) is 135 Å². The average molecular weight is 363 g/mol. The summed E-state index contributed by atoms with van der Waals surface area (Å²) in [4.78, 5) is 0. The molecule has 0 unspecified atom stereocenters. The van der Waals surface area contributed by atoms with Gasteiger partial charge in [0.2, 0.25) is 0 Å². The number of hydrogen-bond donors (Lipinski definition) is 0. The van der Waals surface area contributed by atoms with Gasteiger partial charge in [-0.3, -0.25) is 0 Å². The van der Waals surface area contributed by atoms with Crippen LogP contribution in [0.15, 0.2) is 60.7 Å². The number of fused-ring (bicyclic) bond motifs is 3. The molecule has 4 rings (SSSR count). The Morgan fingerprint density at radius 1 is 0.308 bits per heavy atom. The van der Waals surface area contributed by atoms with Gasteiger partial charge in [-0.2, -0.15) is 0 Å². The fourth-order valence-electron chi connectivity index (χ4n) is 2.74. The van der Waals surface area contributed by atoms with Crippen LogP contribution in [0.4, 0.5) is 0 Å². The molecule has 154 valence electrons. The molecule has 1 aliphatic carbocycles. The Hall–Kier alpha value is -2.08. The van der Waals surface area contributed by atoms with Gasteiger partial charge in [0.1, 0.15) is 0 Å². The van der Waals surface area contributed by atoms with E-state index in [1.807, 2.05) is 0 Å². The first-order valence-electron chi connectivity index (χ1n) is 5.57. The third-order valence-electron chi connectivity index (χ3n) is 3.41. The first kappa shape index (κ1) is 43.9. The lowest BCUT2D eigenvalue weighted by atomic mass is 10.0. The summed E-state index contributed by atoms with van der Waals surface area (Å²) in [6, 6.07) is 21.8. The molecule has 0 amide bonds. The molecule has 0 radical (unpaired) electrons. The van der Waals surface area contributed by atoms with Crippen molar-refractivity contribution in [3.63, 3.8) is 0 Å². The molecule has 0 N–H and O–H groups in total. The fourth-order valence-corrected chi connectivity index (χ4v) is 2.74. The minimum atomic E-state index is 0. The van der Waals surface area contributed by atoms with Crippen LogP contribution in [0.25, 0.3) is 33.0 Å². The summed E-state index contributed by atoms with van der Waals surface area (Å²) in [5.41, 5.74) is 5.50. The molecular weight excluding hydrogens is 312 g/mol. The summed E-state index contributed by atoms with van der Waals surface area (Å²) in [6.07, 6.45) is 0. The zero-order valence-corrected chi connectivity index (χ0v) is 8.77. The van der Waals surface area contributed by atoms with Crippen LogP contribution in [0.5, 0.6) is 0 Å². The molecule has 26 heavy (non-hydrogen) atoms. The van der Waals surface area contributed by atoms with Crippen LogP contribution in [-0.4, -0.2) is 0 Å². The van der Waals surface area contributed by atoms with E-state index in [2.05, 4.69) is 60.7 Å². The first-order chi connectivity index (χ1) is 7.95. The lowest BCUT2D eigenvalue weighted by Crippen LogP contribution is -1.73. The van der Waals surface area contributed by atoms with Crippen molar-refractivity contribution in [3.05, 3.63) is 60.7 Å². The summed E-state index contributed by atoms with van der Waals surface area (Å²) >= 11 is 0. The Balaban J connectivity index is -0.0000000722. The zero-order chi connectivity index (χ0) is 10.5. The highest BCUT2D eigenvalue weighted by molar-refractivity contribution is 6.15. The van der Waals surface area contributed by atoms with E-state index >= 15 is 0 Å². The highest BCUT2D eigenvalue weighted by atomic mass is 14.2. The summed E-state index contributed by atoms with van der Waals surface area (Å²) in [6.45, 7) is 0. The normalized spacial score (nSPS) is 7.23. The first-order valence-corrected chi connectivity index (χ1v) is 5.57. The quantitative estimate of drug-likeness (QED) is 0.292. The van der Waals surface area contributed by atoms with Crippen LogP contribution in [0, 0.1) is 0 Å². The topological polar surface area (TPSA) is 0 Å². The van der Waals surface area contributed by atoms with Gasteiger partial charge in [-0.25, -0.2) is 0 Å². The van der Waals surface area contributed by atoms with Crippen molar-refractivity contribution in [2.24, 2.45) is 0 Å². The van der Waals surface area contributed by atoms with Crippen LogP contribution in [-0.2, 0) is 0 Å². The van der Waals surface area contributed by atoms with Gasteiger partial charge >= 0.3 is 0 Å². The van der Waals surface area contributed by atoms with Crippen molar-refractivity contribution in [2.45, 2.75) is 74.3 Å². The Morgan fingerprint density at radius 3 is 0.962 bits per heavy atom. The van der Waals surface area contributed by atoms with Gasteiger partial charge in [0, 0.05) is 0 Å². The monoisotopic (exact) mass is 362 g/mol. The molecule has 0 fully saturated rings. The van der Waals surface area contributed by atoms with E-state index in [9.17, 15) is 0 Å². The maximum Gasteiger partial charge on any atom is -0.00264 e. The van der Waals surface area contributed by atoms with Gasteiger partial charge in [-0.05, 0) is 33.0 Å². The largest absolute Gasteiger partial charge is 0.0776 e. The van der Waals surface area contributed by atoms with E-state index in [1.54, 1.807) is 0 Å². The molecule has 0 atom stereocenters. The number of benzene rings is 3. The van der Waals surface area contributed by atoms with Crippen molar-refractivity contribution >= 4 is 10.8 Å². The Kier molecular flexibility index (Phi) is 27.7. The van der Waals surface area contributed by atoms with Crippen LogP contribution in [0.2, 0.25) is 0 Å². The molecule has 0 aliphatic heterocycles. The third-order valence-corrected chi connectivity index (χ3v) is 3.41. The molecule has 0 heterocycles. The molecule has 3 aromatic rings. The molecule has 0 saturated carbocycles. The smallest absolute Gasteiger partial charge is 0.00264 e. The van der Waals surface area contributed by atoms with Gasteiger partial charge < -0.3 is 0 Å². The Bertz CT molecular complexity index is 650. The SMILES string of the molecule is C.C.C.C.C.C.C.C.C.C.c1ccc2c(c1)-c1cccc3cccc-2c13. The molecule has 0 aromatic heterocycles. The molecule has 1 aliphatic rings. The van der Waals surface area contributed by atoms with E-state index in [-0.39, 0.29) is 74.3 Å². The number of rotatable bonds is 0. The molecule has 0 bridgehead atoms. The second-order valence-corrected chi connectivity index (χ2v) is 4.25. The zero-order valence-electron chi connectivity index (χ0n) is 8.77. The van der Waals surface area contributed by atoms with Gasteiger partial charge in [-0.15, -0.1) is 0 Å². The van der Waals surface area contributed by atoms with Crippen LogP contribution in [0.3, 0.4) is 0 Å². The predicted molar refractivity (Wildman–Crippen MR) is 136 cm³/mol. The van der Waals surface area contributed by atoms with E-state index in [4.69, 9.17) is 0 Å². The fraction of sp³-hybridized carbons (Fsp3) is 0.385. The van der Waals surface area contributed by atoms with Gasteiger partial charge in [0.05, 0.1) is 0 Å². The van der Waals surface area contributed by atoms with Crippen molar-refractivity contribution < 1.29 is 0 Å². The molecule has 0 nitrogen and oxygen atoms in total. The van der Waals surface area contributed by atoms with Crippen molar-refractivity contribution in [2.75, 3.05) is 0 Å². The molecule has 3 aromatic carbocycles. The van der Waals surface area contributed by atoms with Crippen molar-refractivity contribution in [1.29, 1.82) is 0 Å². The van der Waals surface area contributed by atoms with Gasteiger partial charge in [0.15, 0.2) is 0 Å². The highest BCUT2D eigenvalue weighted by Gasteiger charge is 2.19. The predicted octanol–water partition coefficient (Wildman–Crippen LogP) is 10.8. The number of hydrogen-bond acceptors (Lipinski definition) is 0. The minimum Gasteiger partial charge on any atom is -0.0776 e. The van der Waals surface area contributed by atoms with E-state index < -0.39 is 0 Å². The molecule has 0 heteroatoms. The Labute approximate surface area is 168 Å². The maximum atomic E-state index is 2.22. The second-order valence-electron chi connectivity index (χ2n) is 4.25. The molecule has 0 saturated heterocycles. The van der Waals surface area contributed by atoms with Gasteiger partial charge in [0.25, 0.3) is 0 Å². The Morgan fingerprint density at radius 2 is 0.615 bits per heavy atom. The van der Waals surface area contributed by atoms with Crippen LogP contribution in [0.1, 0.15) is 74.3 Å². The second kappa shape index (κ2) is 16.4. The standard InChI is InChI=1S/C16H10.10CH4/c1-2-8-13-12(7-1)14-9-3-5-11-6-4-10-15(13)16(11)14;;;;;;;;;;/h1-10H;10*1H4. The third kappa shape index (κ3) is 5.73. The summed E-state index contributed by atoms with van der Waals surface area (Å²) in [5.74, 6) is 0. The van der Waals surface area contributed by atoms with Crippen molar-refractivity contribution in [3.8, 4) is 22.3 Å². The lowest BCUT2D eigenvalue weighted by Gasteiger charge is -2.00. The summed E-state index contributed by atoms with van der Waals surface area (Å²) in [5, 5.41) is 2.75. The summed E-state index contributed by atoms with van der Waals surface area (Å²) < 4.78 is 0. The van der Waals surface area contributed by atoms with E-state index in [1.165, 1.54) is 33.0 Å². The van der Waals surface area contributed by atoms with E-state index in [0.717, 1.165) is 0 Å². The van der Waals surface area contributed by atoms with Crippen molar-refractivity contribution in [1.82, 2.24) is 0 Å². The van der Waals surface area contributed by atoms with Crippen LogP contribution < -0.4 is 0 Å².